The lowest BCUT2D eigenvalue weighted by atomic mass is 9.79. The topological polar surface area (TPSA) is 120 Å². The summed E-state index contributed by atoms with van der Waals surface area (Å²) in [6.07, 6.45) is 6.64. The van der Waals surface area contributed by atoms with Crippen LogP contribution in [0, 0.1) is 0 Å². The van der Waals surface area contributed by atoms with Crippen LogP contribution >= 0.6 is 11.6 Å². The molecule has 2 fully saturated rings. The molecule has 0 radical (unpaired) electrons. The average Bonchev–Trinajstić information content (AvgIpc) is 3.46. The SMILES string of the molecule is NC1(C(=O)NC(Cc2ccc(Cl)cc2)C(=O)N2CCN(C3(CNC(=O)Nc4ccccc4)CCCCC3)CC2)Cc2ccccc2C1. The highest BCUT2D eigenvalue weighted by Crippen LogP contribution is 2.34. The predicted molar refractivity (Wildman–Crippen MR) is 185 cm³/mol. The zero-order valence-corrected chi connectivity index (χ0v) is 27.6. The van der Waals surface area contributed by atoms with E-state index in [2.05, 4.69) is 20.9 Å². The average molecular weight is 657 g/mol. The molecular formula is C37H45ClN6O3. The monoisotopic (exact) mass is 656 g/mol. The van der Waals surface area contributed by atoms with Crippen molar-refractivity contribution in [2.24, 2.45) is 5.73 Å². The Hall–Kier alpha value is -3.92. The van der Waals surface area contributed by atoms with Crippen LogP contribution in [-0.2, 0) is 28.9 Å². The van der Waals surface area contributed by atoms with Gasteiger partial charge in [-0.3, -0.25) is 14.5 Å². The number of piperazine rings is 1. The van der Waals surface area contributed by atoms with Crippen molar-refractivity contribution in [2.75, 3.05) is 38.0 Å². The summed E-state index contributed by atoms with van der Waals surface area (Å²) in [5.74, 6) is -0.411. The smallest absolute Gasteiger partial charge is 0.319 e. The third-order valence-electron chi connectivity index (χ3n) is 10.2. The summed E-state index contributed by atoms with van der Waals surface area (Å²) in [7, 11) is 0. The molecule has 1 saturated heterocycles. The molecule has 47 heavy (non-hydrogen) atoms. The van der Waals surface area contributed by atoms with E-state index in [4.69, 9.17) is 17.3 Å². The van der Waals surface area contributed by atoms with Gasteiger partial charge in [0, 0.05) is 55.4 Å². The largest absolute Gasteiger partial charge is 0.342 e. The number of halogens is 1. The molecule has 5 N–H and O–H groups in total. The predicted octanol–water partition coefficient (Wildman–Crippen LogP) is 4.53. The zero-order chi connectivity index (χ0) is 32.9. The van der Waals surface area contributed by atoms with Crippen LogP contribution in [0.2, 0.25) is 5.02 Å². The van der Waals surface area contributed by atoms with Gasteiger partial charge in [-0.2, -0.15) is 0 Å². The highest BCUT2D eigenvalue weighted by atomic mass is 35.5. The molecular weight excluding hydrogens is 612 g/mol. The number of amides is 4. The highest BCUT2D eigenvalue weighted by Gasteiger charge is 2.43. The Bertz CT molecular complexity index is 1530. The van der Waals surface area contributed by atoms with Crippen molar-refractivity contribution < 1.29 is 14.4 Å². The van der Waals surface area contributed by atoms with Crippen molar-refractivity contribution in [3.8, 4) is 0 Å². The maximum absolute atomic E-state index is 14.2. The maximum Gasteiger partial charge on any atom is 0.319 e. The Morgan fingerprint density at radius 3 is 2.06 bits per heavy atom. The lowest BCUT2D eigenvalue weighted by molar-refractivity contribution is -0.140. The van der Waals surface area contributed by atoms with Crippen LogP contribution in [0.1, 0.15) is 48.8 Å². The Morgan fingerprint density at radius 2 is 1.43 bits per heavy atom. The lowest BCUT2D eigenvalue weighted by Crippen LogP contribution is -2.64. The molecule has 4 amide bonds. The second kappa shape index (κ2) is 14.5. The third-order valence-corrected chi connectivity index (χ3v) is 10.4. The number of hydrogen-bond donors (Lipinski definition) is 4. The minimum absolute atomic E-state index is 0.106. The van der Waals surface area contributed by atoms with Gasteiger partial charge in [-0.15, -0.1) is 0 Å². The number of hydrogen-bond acceptors (Lipinski definition) is 5. The maximum atomic E-state index is 14.2. The van der Waals surface area contributed by atoms with Crippen LogP contribution in [0.5, 0.6) is 0 Å². The standard InChI is InChI=1S/C37H45ClN6O3/c38-30-15-13-27(14-16-30)23-32(42-34(46)37(39)24-28-9-5-6-10-29(28)25-37)33(45)43-19-21-44(22-20-43)36(17-7-2-8-18-36)26-40-35(47)41-31-11-3-1-4-12-31/h1,3-6,9-16,32H,2,7-8,17-26,39H2,(H,42,46)(H2,40,41,47). The van der Waals surface area contributed by atoms with Gasteiger partial charge in [0.1, 0.15) is 11.6 Å². The van der Waals surface area contributed by atoms with E-state index in [-0.39, 0.29) is 23.4 Å². The first kappa shape index (κ1) is 33.0. The number of nitrogens with one attached hydrogen (secondary N) is 3. The van der Waals surface area contributed by atoms with Crippen molar-refractivity contribution >= 4 is 35.1 Å². The number of nitrogens with two attached hydrogens (primary N) is 1. The number of nitrogens with zero attached hydrogens (tertiary/aromatic N) is 2. The molecule has 0 bridgehead atoms. The molecule has 2 aliphatic carbocycles. The number of carbonyl (C=O) groups excluding carboxylic acids is 3. The minimum Gasteiger partial charge on any atom is -0.342 e. The molecule has 0 aromatic heterocycles. The first-order valence-corrected chi connectivity index (χ1v) is 17.2. The normalized spacial score (nSPS) is 19.3. The Kier molecular flexibility index (Phi) is 10.2. The van der Waals surface area contributed by atoms with E-state index in [1.807, 2.05) is 71.6 Å². The number of para-hydroxylation sites is 1. The number of fused-ring (bicyclic) bond motifs is 1. The van der Waals surface area contributed by atoms with E-state index in [1.165, 1.54) is 6.42 Å². The molecule has 0 spiro atoms. The van der Waals surface area contributed by atoms with E-state index in [0.717, 1.165) is 48.1 Å². The number of urea groups is 1. The van der Waals surface area contributed by atoms with Gasteiger partial charge in [0.2, 0.25) is 11.8 Å². The quantitative estimate of drug-likeness (QED) is 0.270. The van der Waals surface area contributed by atoms with E-state index in [1.54, 1.807) is 12.1 Å². The second-order valence-corrected chi connectivity index (χ2v) is 13.8. The molecule has 1 atom stereocenters. The van der Waals surface area contributed by atoms with Gasteiger partial charge in [-0.25, -0.2) is 4.79 Å². The molecule has 9 nitrogen and oxygen atoms in total. The van der Waals surface area contributed by atoms with Gasteiger partial charge in [0.15, 0.2) is 0 Å². The third kappa shape index (κ3) is 7.80. The fourth-order valence-corrected chi connectivity index (χ4v) is 7.67. The summed E-state index contributed by atoms with van der Waals surface area (Å²) in [4.78, 5) is 45.0. The van der Waals surface area contributed by atoms with Crippen molar-refractivity contribution in [2.45, 2.75) is 68.5 Å². The minimum atomic E-state index is -1.10. The van der Waals surface area contributed by atoms with Crippen molar-refractivity contribution in [3.63, 3.8) is 0 Å². The van der Waals surface area contributed by atoms with Crippen molar-refractivity contribution in [1.82, 2.24) is 20.4 Å². The molecule has 10 heteroatoms. The fourth-order valence-electron chi connectivity index (χ4n) is 7.54. The summed E-state index contributed by atoms with van der Waals surface area (Å²) in [5, 5.41) is 9.76. The Morgan fingerprint density at radius 1 is 0.809 bits per heavy atom. The number of rotatable bonds is 9. The highest BCUT2D eigenvalue weighted by molar-refractivity contribution is 6.30. The first-order valence-electron chi connectivity index (χ1n) is 16.8. The van der Waals surface area contributed by atoms with Crippen molar-refractivity contribution in [1.29, 1.82) is 0 Å². The first-order chi connectivity index (χ1) is 22.7. The van der Waals surface area contributed by atoms with Crippen LogP contribution < -0.4 is 21.7 Å². The molecule has 3 aliphatic rings. The molecule has 1 heterocycles. The number of carbonyl (C=O) groups is 3. The van der Waals surface area contributed by atoms with Crippen LogP contribution in [0.15, 0.2) is 78.9 Å². The summed E-state index contributed by atoms with van der Waals surface area (Å²) in [6, 6.07) is 23.8. The van der Waals surface area contributed by atoms with Crippen LogP contribution in [0.3, 0.4) is 0 Å². The fraction of sp³-hybridized carbons (Fsp3) is 0.432. The van der Waals surface area contributed by atoms with E-state index >= 15 is 0 Å². The van der Waals surface area contributed by atoms with Gasteiger partial charge >= 0.3 is 6.03 Å². The zero-order valence-electron chi connectivity index (χ0n) is 26.8. The number of benzene rings is 3. The summed E-state index contributed by atoms with van der Waals surface area (Å²) < 4.78 is 0. The Labute approximate surface area is 282 Å². The van der Waals surface area contributed by atoms with E-state index in [0.29, 0.717) is 57.0 Å². The van der Waals surface area contributed by atoms with E-state index in [9.17, 15) is 14.4 Å². The molecule has 6 rings (SSSR count). The van der Waals surface area contributed by atoms with Gasteiger partial charge in [0.25, 0.3) is 0 Å². The molecule has 3 aromatic carbocycles. The number of anilines is 1. The summed E-state index contributed by atoms with van der Waals surface area (Å²) in [6.45, 7) is 3.04. The molecule has 3 aromatic rings. The summed E-state index contributed by atoms with van der Waals surface area (Å²) >= 11 is 6.14. The second-order valence-electron chi connectivity index (χ2n) is 13.4. The van der Waals surface area contributed by atoms with Gasteiger partial charge in [-0.1, -0.05) is 85.5 Å². The molecule has 1 saturated carbocycles. The van der Waals surface area contributed by atoms with Crippen LogP contribution in [-0.4, -0.2) is 77.5 Å². The van der Waals surface area contributed by atoms with Crippen LogP contribution in [0.4, 0.5) is 10.5 Å². The van der Waals surface area contributed by atoms with Gasteiger partial charge in [-0.05, 0) is 66.6 Å². The van der Waals surface area contributed by atoms with E-state index < -0.39 is 11.6 Å². The van der Waals surface area contributed by atoms with Crippen molar-refractivity contribution in [3.05, 3.63) is 101 Å². The van der Waals surface area contributed by atoms with Crippen LogP contribution in [0.25, 0.3) is 0 Å². The molecule has 248 valence electrons. The molecule has 1 unspecified atom stereocenters. The summed E-state index contributed by atoms with van der Waals surface area (Å²) in [5.41, 5.74) is 9.27. The van der Waals surface area contributed by atoms with Gasteiger partial charge < -0.3 is 26.6 Å². The molecule has 1 aliphatic heterocycles. The van der Waals surface area contributed by atoms with Gasteiger partial charge in [0.05, 0.1) is 0 Å². The lowest BCUT2D eigenvalue weighted by Gasteiger charge is -2.50. The Balaban J connectivity index is 1.11.